The molecular formula is C11H18ClFN2O3. The van der Waals surface area contributed by atoms with Crippen LogP contribution in [0.1, 0.15) is 19.3 Å². The lowest BCUT2D eigenvalue weighted by atomic mass is 10.1. The quantitative estimate of drug-likeness (QED) is 0.738. The van der Waals surface area contributed by atoms with Gasteiger partial charge in [-0.25, -0.2) is 9.18 Å². The zero-order chi connectivity index (χ0) is 12.5. The maximum Gasteiger partial charge on any atom is 0.345 e. The summed E-state index contributed by atoms with van der Waals surface area (Å²) >= 11 is 0. The number of nitrogens with zero attached hydrogens (tertiary/aromatic N) is 1. The molecule has 2 unspecified atom stereocenters. The Morgan fingerprint density at radius 2 is 2.22 bits per heavy atom. The van der Waals surface area contributed by atoms with Gasteiger partial charge in [-0.15, -0.1) is 12.4 Å². The first-order valence-electron chi connectivity index (χ1n) is 5.86. The number of carbonyl (C=O) groups excluding carboxylic acids is 2. The molecule has 0 spiro atoms. The van der Waals surface area contributed by atoms with Crippen molar-refractivity contribution in [3.8, 4) is 0 Å². The molecule has 0 aromatic rings. The number of methoxy groups -OCH3 is 1. The third-order valence-electron chi connectivity index (χ3n) is 3.44. The van der Waals surface area contributed by atoms with Gasteiger partial charge >= 0.3 is 5.97 Å². The molecule has 104 valence electrons. The SMILES string of the molecule is COC(=O)C1(F)CCN(C(=O)C2CCCN2)C1.Cl. The van der Waals surface area contributed by atoms with E-state index in [0.29, 0.717) is 0 Å². The fourth-order valence-corrected chi connectivity index (χ4v) is 2.43. The Labute approximate surface area is 111 Å². The predicted molar refractivity (Wildman–Crippen MR) is 65.3 cm³/mol. The monoisotopic (exact) mass is 280 g/mol. The van der Waals surface area contributed by atoms with E-state index in [2.05, 4.69) is 10.1 Å². The van der Waals surface area contributed by atoms with Crippen LogP contribution in [0.3, 0.4) is 0 Å². The first-order chi connectivity index (χ1) is 8.07. The summed E-state index contributed by atoms with van der Waals surface area (Å²) in [4.78, 5) is 24.7. The molecule has 0 radical (unpaired) electrons. The number of carbonyl (C=O) groups is 2. The standard InChI is InChI=1S/C11H17FN2O3.ClH/c1-17-10(16)11(12)4-6-14(7-11)9(15)8-3-2-5-13-8;/h8,13H,2-7H2,1H3;1H. The normalized spacial score (nSPS) is 31.0. The highest BCUT2D eigenvalue weighted by atomic mass is 35.5. The maximum atomic E-state index is 14.1. The van der Waals surface area contributed by atoms with Gasteiger partial charge < -0.3 is 15.0 Å². The van der Waals surface area contributed by atoms with Crippen molar-refractivity contribution in [3.05, 3.63) is 0 Å². The molecule has 2 rings (SSSR count). The number of esters is 1. The van der Waals surface area contributed by atoms with Gasteiger partial charge in [0.15, 0.2) is 0 Å². The van der Waals surface area contributed by atoms with E-state index >= 15 is 0 Å². The molecule has 1 amide bonds. The highest BCUT2D eigenvalue weighted by Crippen LogP contribution is 2.28. The number of nitrogens with one attached hydrogen (secondary N) is 1. The maximum absolute atomic E-state index is 14.1. The first-order valence-corrected chi connectivity index (χ1v) is 5.86. The Kier molecular flexibility index (Phi) is 4.92. The lowest BCUT2D eigenvalue weighted by Gasteiger charge is -2.21. The minimum atomic E-state index is -2.02. The van der Waals surface area contributed by atoms with E-state index in [1.807, 2.05) is 0 Å². The van der Waals surface area contributed by atoms with Crippen molar-refractivity contribution in [2.24, 2.45) is 0 Å². The van der Waals surface area contributed by atoms with Gasteiger partial charge in [-0.3, -0.25) is 4.79 Å². The topological polar surface area (TPSA) is 58.6 Å². The molecular weight excluding hydrogens is 263 g/mol. The molecule has 0 aliphatic carbocycles. The number of hydrogen-bond donors (Lipinski definition) is 1. The van der Waals surface area contributed by atoms with Crippen LogP contribution < -0.4 is 5.32 Å². The highest BCUT2D eigenvalue weighted by molar-refractivity contribution is 5.86. The Balaban J connectivity index is 0.00000162. The van der Waals surface area contributed by atoms with Gasteiger partial charge in [0.1, 0.15) is 0 Å². The molecule has 18 heavy (non-hydrogen) atoms. The number of rotatable bonds is 2. The minimum absolute atomic E-state index is 0. The molecule has 1 N–H and O–H groups in total. The van der Waals surface area contributed by atoms with Crippen molar-refractivity contribution < 1.29 is 18.7 Å². The lowest BCUT2D eigenvalue weighted by molar-refractivity contribution is -0.154. The van der Waals surface area contributed by atoms with E-state index in [0.717, 1.165) is 26.5 Å². The second-order valence-corrected chi connectivity index (χ2v) is 4.62. The van der Waals surface area contributed by atoms with Crippen molar-refractivity contribution in [3.63, 3.8) is 0 Å². The van der Waals surface area contributed by atoms with Crippen LogP contribution in [0.5, 0.6) is 0 Å². The largest absolute Gasteiger partial charge is 0.467 e. The second-order valence-electron chi connectivity index (χ2n) is 4.62. The Bertz CT molecular complexity index is 336. The molecule has 2 heterocycles. The van der Waals surface area contributed by atoms with E-state index in [-0.39, 0.29) is 43.9 Å². The van der Waals surface area contributed by atoms with Gasteiger partial charge in [-0.2, -0.15) is 0 Å². The van der Waals surface area contributed by atoms with Crippen molar-refractivity contribution in [1.29, 1.82) is 0 Å². The minimum Gasteiger partial charge on any atom is -0.467 e. The molecule has 2 atom stereocenters. The zero-order valence-corrected chi connectivity index (χ0v) is 11.1. The van der Waals surface area contributed by atoms with Gasteiger partial charge in [0.25, 0.3) is 0 Å². The smallest absolute Gasteiger partial charge is 0.345 e. The van der Waals surface area contributed by atoms with Crippen LogP contribution in [-0.2, 0) is 14.3 Å². The summed E-state index contributed by atoms with van der Waals surface area (Å²) in [6.07, 6.45) is 1.77. The summed E-state index contributed by atoms with van der Waals surface area (Å²) in [6, 6.07) is -0.213. The molecule has 0 bridgehead atoms. The van der Waals surface area contributed by atoms with Gasteiger partial charge in [-0.05, 0) is 19.4 Å². The van der Waals surface area contributed by atoms with Crippen molar-refractivity contribution in [2.45, 2.75) is 31.0 Å². The van der Waals surface area contributed by atoms with Gasteiger partial charge in [0.2, 0.25) is 11.6 Å². The molecule has 7 heteroatoms. The van der Waals surface area contributed by atoms with Crippen LogP contribution in [0.15, 0.2) is 0 Å². The summed E-state index contributed by atoms with van der Waals surface area (Å²) in [6.45, 7) is 0.918. The Hall–Kier alpha value is -0.880. The number of halogens is 2. The first kappa shape index (κ1) is 15.2. The average Bonchev–Trinajstić information content (AvgIpc) is 2.96. The van der Waals surface area contributed by atoms with Gasteiger partial charge in [0.05, 0.1) is 19.7 Å². The predicted octanol–water partition coefficient (Wildman–Crippen LogP) is 0.274. The number of alkyl halides is 1. The summed E-state index contributed by atoms with van der Waals surface area (Å²) in [7, 11) is 1.16. The third-order valence-corrected chi connectivity index (χ3v) is 3.44. The number of ether oxygens (including phenoxy) is 1. The van der Waals surface area contributed by atoms with Crippen LogP contribution in [0.4, 0.5) is 4.39 Å². The van der Waals surface area contributed by atoms with E-state index in [9.17, 15) is 14.0 Å². The summed E-state index contributed by atoms with van der Waals surface area (Å²) in [5, 5.41) is 3.07. The number of likely N-dealkylation sites (tertiary alicyclic amines) is 1. The Morgan fingerprint density at radius 1 is 1.50 bits per heavy atom. The molecule has 2 saturated heterocycles. The molecule has 2 aliphatic rings. The molecule has 2 fully saturated rings. The fraction of sp³-hybridized carbons (Fsp3) is 0.818. The highest BCUT2D eigenvalue weighted by Gasteiger charge is 2.48. The zero-order valence-electron chi connectivity index (χ0n) is 10.3. The van der Waals surface area contributed by atoms with E-state index in [1.54, 1.807) is 0 Å². The molecule has 0 saturated carbocycles. The van der Waals surface area contributed by atoms with E-state index in [4.69, 9.17) is 0 Å². The number of hydrogen-bond acceptors (Lipinski definition) is 4. The van der Waals surface area contributed by atoms with Gasteiger partial charge in [-0.1, -0.05) is 0 Å². The van der Waals surface area contributed by atoms with Crippen LogP contribution >= 0.6 is 12.4 Å². The van der Waals surface area contributed by atoms with Crippen LogP contribution in [0, 0.1) is 0 Å². The van der Waals surface area contributed by atoms with E-state index in [1.165, 1.54) is 4.90 Å². The second kappa shape index (κ2) is 5.84. The fourth-order valence-electron chi connectivity index (χ4n) is 2.43. The van der Waals surface area contributed by atoms with E-state index < -0.39 is 11.6 Å². The Morgan fingerprint density at radius 3 is 2.78 bits per heavy atom. The molecule has 2 aliphatic heterocycles. The number of amides is 1. The van der Waals surface area contributed by atoms with Gasteiger partial charge in [0, 0.05) is 13.0 Å². The lowest BCUT2D eigenvalue weighted by Crippen LogP contribution is -2.45. The van der Waals surface area contributed by atoms with Crippen LogP contribution in [0.25, 0.3) is 0 Å². The van der Waals surface area contributed by atoms with Crippen molar-refractivity contribution in [2.75, 3.05) is 26.7 Å². The summed E-state index contributed by atoms with van der Waals surface area (Å²) in [5.74, 6) is -0.988. The summed E-state index contributed by atoms with van der Waals surface area (Å²) in [5.41, 5.74) is -2.02. The molecule has 0 aromatic heterocycles. The third kappa shape index (κ3) is 2.75. The average molecular weight is 281 g/mol. The van der Waals surface area contributed by atoms with Crippen LogP contribution in [0.2, 0.25) is 0 Å². The molecule has 0 aromatic carbocycles. The van der Waals surface area contributed by atoms with Crippen LogP contribution in [-0.4, -0.2) is 55.2 Å². The summed E-state index contributed by atoms with van der Waals surface area (Å²) < 4.78 is 18.5. The van der Waals surface area contributed by atoms with Crippen molar-refractivity contribution >= 4 is 24.3 Å². The molecule has 5 nitrogen and oxygen atoms in total. The van der Waals surface area contributed by atoms with Crippen molar-refractivity contribution in [1.82, 2.24) is 10.2 Å².